The van der Waals surface area contributed by atoms with Crippen LogP contribution in [0.15, 0.2) is 47.6 Å². The standard InChI is InChI=1S/C10H7N3O2S2/c14-17(15,13-6-1-2-7-13)9-5-3-4-8-10(9)12-16-11-8/h1-7H. The van der Waals surface area contributed by atoms with Crippen molar-refractivity contribution in [3.8, 4) is 0 Å². The lowest BCUT2D eigenvalue weighted by Crippen LogP contribution is -2.11. The maximum atomic E-state index is 12.3. The molecule has 5 nitrogen and oxygen atoms in total. The van der Waals surface area contributed by atoms with E-state index in [9.17, 15) is 8.42 Å². The van der Waals surface area contributed by atoms with E-state index < -0.39 is 10.0 Å². The molecule has 0 aliphatic carbocycles. The van der Waals surface area contributed by atoms with Crippen LogP contribution in [-0.4, -0.2) is 21.1 Å². The van der Waals surface area contributed by atoms with Crippen LogP contribution in [0.1, 0.15) is 0 Å². The SMILES string of the molecule is O=S(=O)(c1cccc2nsnc12)n1cccc1. The van der Waals surface area contributed by atoms with E-state index in [1.54, 1.807) is 30.3 Å². The molecule has 0 fully saturated rings. The predicted octanol–water partition coefficient (Wildman–Crippen LogP) is 1.73. The van der Waals surface area contributed by atoms with Crippen LogP contribution >= 0.6 is 11.7 Å². The first-order valence-corrected chi connectivity index (χ1v) is 6.96. The fourth-order valence-electron chi connectivity index (χ4n) is 1.58. The van der Waals surface area contributed by atoms with Crippen molar-refractivity contribution < 1.29 is 8.42 Å². The third-order valence-corrected chi connectivity index (χ3v) is 4.61. The first-order valence-electron chi connectivity index (χ1n) is 4.79. The van der Waals surface area contributed by atoms with Crippen LogP contribution in [0.2, 0.25) is 0 Å². The lowest BCUT2D eigenvalue weighted by molar-refractivity contribution is 0.588. The maximum absolute atomic E-state index is 12.3. The van der Waals surface area contributed by atoms with E-state index in [1.165, 1.54) is 16.4 Å². The average molecular weight is 265 g/mol. The van der Waals surface area contributed by atoms with Gasteiger partial charge >= 0.3 is 0 Å². The van der Waals surface area contributed by atoms with Gasteiger partial charge in [0.25, 0.3) is 10.0 Å². The summed E-state index contributed by atoms with van der Waals surface area (Å²) in [6.45, 7) is 0. The molecule has 0 unspecified atom stereocenters. The first kappa shape index (κ1) is 10.4. The van der Waals surface area contributed by atoms with Crippen LogP contribution in [0.4, 0.5) is 0 Å². The third-order valence-electron chi connectivity index (χ3n) is 2.38. The van der Waals surface area contributed by atoms with Crippen LogP contribution in [-0.2, 0) is 10.0 Å². The molecule has 0 aliphatic rings. The van der Waals surface area contributed by atoms with Crippen molar-refractivity contribution in [1.82, 2.24) is 12.7 Å². The Kier molecular flexibility index (Phi) is 2.23. The summed E-state index contributed by atoms with van der Waals surface area (Å²) in [4.78, 5) is 0.181. The number of hydrogen-bond donors (Lipinski definition) is 0. The van der Waals surface area contributed by atoms with Crippen molar-refractivity contribution in [3.63, 3.8) is 0 Å². The van der Waals surface area contributed by atoms with Crippen molar-refractivity contribution in [2.45, 2.75) is 4.90 Å². The molecule has 3 rings (SSSR count). The highest BCUT2D eigenvalue weighted by Crippen LogP contribution is 2.23. The Bertz CT molecular complexity index is 760. The lowest BCUT2D eigenvalue weighted by atomic mass is 10.3. The number of aromatic nitrogens is 3. The van der Waals surface area contributed by atoms with Crippen molar-refractivity contribution >= 4 is 32.8 Å². The summed E-state index contributed by atoms with van der Waals surface area (Å²) in [6.07, 6.45) is 2.99. The van der Waals surface area contributed by atoms with Crippen LogP contribution in [0, 0.1) is 0 Å². The Morgan fingerprint density at radius 3 is 2.59 bits per heavy atom. The summed E-state index contributed by atoms with van der Waals surface area (Å²) in [6, 6.07) is 8.28. The number of rotatable bonds is 2. The molecule has 3 aromatic rings. The summed E-state index contributed by atoms with van der Waals surface area (Å²) in [5.74, 6) is 0. The molecule has 1 aromatic carbocycles. The van der Waals surface area contributed by atoms with Gasteiger partial charge in [-0.1, -0.05) is 6.07 Å². The van der Waals surface area contributed by atoms with E-state index in [1.807, 2.05) is 0 Å². The monoisotopic (exact) mass is 265 g/mol. The Balaban J connectivity index is 2.33. The van der Waals surface area contributed by atoms with Crippen LogP contribution in [0.3, 0.4) is 0 Å². The largest absolute Gasteiger partial charge is 0.269 e. The summed E-state index contributed by atoms with van der Waals surface area (Å²) in [5, 5.41) is 0. The minimum atomic E-state index is -3.57. The van der Waals surface area contributed by atoms with Crippen LogP contribution < -0.4 is 0 Å². The van der Waals surface area contributed by atoms with Gasteiger partial charge < -0.3 is 0 Å². The molecule has 0 aliphatic heterocycles. The minimum absolute atomic E-state index is 0.181. The fraction of sp³-hybridized carbons (Fsp3) is 0. The molecular weight excluding hydrogens is 258 g/mol. The Morgan fingerprint density at radius 2 is 1.82 bits per heavy atom. The zero-order valence-corrected chi connectivity index (χ0v) is 10.1. The highest BCUT2D eigenvalue weighted by molar-refractivity contribution is 7.90. The molecule has 86 valence electrons. The Hall–Kier alpha value is -1.73. The highest BCUT2D eigenvalue weighted by Gasteiger charge is 2.20. The highest BCUT2D eigenvalue weighted by atomic mass is 32.2. The van der Waals surface area contributed by atoms with E-state index in [0.717, 1.165) is 11.7 Å². The fourth-order valence-corrected chi connectivity index (χ4v) is 3.52. The zero-order valence-electron chi connectivity index (χ0n) is 8.52. The normalized spacial score (nSPS) is 12.0. The molecule has 2 heterocycles. The topological polar surface area (TPSA) is 64.8 Å². The molecule has 7 heteroatoms. The summed E-state index contributed by atoms with van der Waals surface area (Å²) >= 11 is 1.01. The molecule has 0 bridgehead atoms. The first-order chi connectivity index (χ1) is 8.19. The van der Waals surface area contributed by atoms with Gasteiger partial charge in [-0.25, -0.2) is 12.4 Å². The molecular formula is C10H7N3O2S2. The molecule has 0 radical (unpaired) electrons. The second-order valence-corrected chi connectivity index (χ2v) is 5.75. The maximum Gasteiger partial charge on any atom is 0.269 e. The van der Waals surface area contributed by atoms with Gasteiger partial charge in [0.05, 0.1) is 11.7 Å². The molecule has 2 aromatic heterocycles. The summed E-state index contributed by atoms with van der Waals surface area (Å²) in [5.41, 5.74) is 1.02. The second kappa shape index (κ2) is 3.64. The molecule has 17 heavy (non-hydrogen) atoms. The van der Waals surface area contributed by atoms with Gasteiger partial charge in [-0.2, -0.15) is 8.75 Å². The van der Waals surface area contributed by atoms with Crippen molar-refractivity contribution in [2.24, 2.45) is 0 Å². The van der Waals surface area contributed by atoms with Crippen molar-refractivity contribution in [1.29, 1.82) is 0 Å². The van der Waals surface area contributed by atoms with Crippen LogP contribution in [0.25, 0.3) is 11.0 Å². The van der Waals surface area contributed by atoms with Gasteiger partial charge in [0.2, 0.25) is 0 Å². The Labute approximate surface area is 102 Å². The number of nitrogens with zero attached hydrogens (tertiary/aromatic N) is 3. The molecule has 0 N–H and O–H groups in total. The lowest BCUT2D eigenvalue weighted by Gasteiger charge is -2.05. The van der Waals surface area contributed by atoms with Gasteiger partial charge in [0, 0.05) is 12.4 Å². The molecule has 0 amide bonds. The van der Waals surface area contributed by atoms with E-state index in [4.69, 9.17) is 0 Å². The van der Waals surface area contributed by atoms with Gasteiger partial charge in [0.15, 0.2) is 0 Å². The van der Waals surface area contributed by atoms with E-state index in [0.29, 0.717) is 11.0 Å². The molecule has 0 atom stereocenters. The Morgan fingerprint density at radius 1 is 1.06 bits per heavy atom. The van der Waals surface area contributed by atoms with Crippen molar-refractivity contribution in [3.05, 3.63) is 42.7 Å². The van der Waals surface area contributed by atoms with Gasteiger partial charge in [-0.15, -0.1) is 0 Å². The van der Waals surface area contributed by atoms with Gasteiger partial charge in [-0.05, 0) is 24.3 Å². The average Bonchev–Trinajstić information content (AvgIpc) is 2.99. The summed E-state index contributed by atoms with van der Waals surface area (Å²) < 4.78 is 33.8. The third kappa shape index (κ3) is 1.55. The minimum Gasteiger partial charge on any atom is -0.249 e. The second-order valence-electron chi connectivity index (χ2n) is 3.41. The van der Waals surface area contributed by atoms with Gasteiger partial charge in [-0.3, -0.25) is 0 Å². The smallest absolute Gasteiger partial charge is 0.249 e. The number of fused-ring (bicyclic) bond motifs is 1. The molecule has 0 saturated heterocycles. The number of benzene rings is 1. The quantitative estimate of drug-likeness (QED) is 0.708. The van der Waals surface area contributed by atoms with Crippen molar-refractivity contribution in [2.75, 3.05) is 0 Å². The van der Waals surface area contributed by atoms with Gasteiger partial charge in [0.1, 0.15) is 15.9 Å². The molecule has 0 saturated carbocycles. The predicted molar refractivity (Wildman–Crippen MR) is 64.4 cm³/mol. The van der Waals surface area contributed by atoms with E-state index in [-0.39, 0.29) is 4.90 Å². The van der Waals surface area contributed by atoms with E-state index in [2.05, 4.69) is 8.75 Å². The summed E-state index contributed by atoms with van der Waals surface area (Å²) in [7, 11) is -3.57. The van der Waals surface area contributed by atoms with Crippen LogP contribution in [0.5, 0.6) is 0 Å². The number of hydrogen-bond acceptors (Lipinski definition) is 5. The van der Waals surface area contributed by atoms with E-state index >= 15 is 0 Å². The zero-order chi connectivity index (χ0) is 11.9. The molecule has 0 spiro atoms.